The van der Waals surface area contributed by atoms with Gasteiger partial charge in [-0.2, -0.15) is 0 Å². The van der Waals surface area contributed by atoms with Crippen LogP contribution in [0.3, 0.4) is 0 Å². The van der Waals surface area contributed by atoms with Gasteiger partial charge in [-0.15, -0.1) is 11.3 Å². The molecule has 2 heteroatoms. The number of rotatable bonds is 0. The minimum atomic E-state index is -0.0526. The maximum absolute atomic E-state index is 13.3. The molecule has 1 heterocycles. The number of aryl methyl sites for hydroxylation is 1. The Morgan fingerprint density at radius 3 is 2.09 bits per heavy atom. The van der Waals surface area contributed by atoms with Gasteiger partial charge in [0, 0.05) is 4.88 Å². The largest absolute Gasteiger partial charge is 0.205 e. The fourth-order valence-corrected chi connectivity index (χ4v) is 1.95. The van der Waals surface area contributed by atoms with Crippen LogP contribution in [0.5, 0.6) is 0 Å². The molecule has 62 valence electrons. The molecule has 0 nitrogen and oxygen atoms in total. The van der Waals surface area contributed by atoms with Crippen LogP contribution in [-0.2, 0) is 5.41 Å². The van der Waals surface area contributed by atoms with Crippen LogP contribution >= 0.6 is 11.3 Å². The Hall–Kier alpha value is -0.370. The van der Waals surface area contributed by atoms with Crippen molar-refractivity contribution in [2.45, 2.75) is 33.1 Å². The van der Waals surface area contributed by atoms with Gasteiger partial charge in [-0.25, -0.2) is 4.39 Å². The molecule has 0 aromatic carbocycles. The molecule has 0 N–H and O–H groups in total. The van der Waals surface area contributed by atoms with E-state index in [1.165, 1.54) is 11.3 Å². The summed E-state index contributed by atoms with van der Waals surface area (Å²) in [6.45, 7) is 7.89. The summed E-state index contributed by atoms with van der Waals surface area (Å²) < 4.78 is 13.3. The number of hydrogen-bond acceptors (Lipinski definition) is 1. The zero-order valence-electron chi connectivity index (χ0n) is 7.36. The van der Waals surface area contributed by atoms with Crippen LogP contribution in [0, 0.1) is 12.7 Å². The minimum absolute atomic E-state index is 0.0255. The lowest BCUT2D eigenvalue weighted by molar-refractivity contribution is 0.534. The molecule has 1 aromatic heterocycles. The van der Waals surface area contributed by atoms with Crippen LogP contribution in [0.1, 0.15) is 31.2 Å². The summed E-state index contributed by atoms with van der Waals surface area (Å²) >= 11 is 1.51. The summed E-state index contributed by atoms with van der Waals surface area (Å²) in [7, 11) is 0. The normalized spacial score (nSPS) is 12.1. The molecule has 0 radical (unpaired) electrons. The van der Waals surface area contributed by atoms with Crippen molar-refractivity contribution in [3.05, 3.63) is 21.6 Å². The molecular weight excluding hydrogens is 159 g/mol. The van der Waals surface area contributed by atoms with E-state index in [1.54, 1.807) is 6.92 Å². The molecule has 0 amide bonds. The highest BCUT2D eigenvalue weighted by atomic mass is 32.1. The predicted molar refractivity (Wildman–Crippen MR) is 47.7 cm³/mol. The second-order valence-corrected chi connectivity index (χ2v) is 4.69. The van der Waals surface area contributed by atoms with Crippen molar-refractivity contribution in [1.29, 1.82) is 0 Å². The van der Waals surface area contributed by atoms with Crippen molar-refractivity contribution in [3.63, 3.8) is 0 Å². The van der Waals surface area contributed by atoms with Gasteiger partial charge in [0.2, 0.25) is 0 Å². The van der Waals surface area contributed by atoms with Gasteiger partial charge >= 0.3 is 0 Å². The Labute approximate surface area is 71.1 Å². The van der Waals surface area contributed by atoms with Gasteiger partial charge in [0.15, 0.2) is 0 Å². The predicted octanol–water partition coefficient (Wildman–Crippen LogP) is 3.49. The number of hydrogen-bond donors (Lipinski definition) is 0. The highest BCUT2D eigenvalue weighted by molar-refractivity contribution is 7.10. The standard InChI is InChI=1S/C9H13FS/c1-6-5-11-8(7(6)10)9(2,3)4/h5H,1-4H3. The average molecular weight is 172 g/mol. The maximum Gasteiger partial charge on any atom is 0.140 e. The van der Waals surface area contributed by atoms with Gasteiger partial charge in [-0.1, -0.05) is 20.8 Å². The molecule has 0 bridgehead atoms. The maximum atomic E-state index is 13.3. The van der Waals surface area contributed by atoms with Crippen molar-refractivity contribution in [2.24, 2.45) is 0 Å². The van der Waals surface area contributed by atoms with E-state index in [4.69, 9.17) is 0 Å². The van der Waals surface area contributed by atoms with E-state index >= 15 is 0 Å². The molecule has 1 aromatic rings. The van der Waals surface area contributed by atoms with Crippen molar-refractivity contribution >= 4 is 11.3 Å². The molecule has 0 saturated carbocycles. The van der Waals surface area contributed by atoms with E-state index in [1.807, 2.05) is 26.2 Å². The van der Waals surface area contributed by atoms with Gasteiger partial charge in [0.05, 0.1) is 0 Å². The topological polar surface area (TPSA) is 0 Å². The van der Waals surface area contributed by atoms with E-state index < -0.39 is 0 Å². The summed E-state index contributed by atoms with van der Waals surface area (Å²) in [6, 6.07) is 0. The van der Waals surface area contributed by atoms with Crippen LogP contribution < -0.4 is 0 Å². The quantitative estimate of drug-likeness (QED) is 0.562. The Kier molecular flexibility index (Phi) is 2.06. The van der Waals surface area contributed by atoms with Gasteiger partial charge in [0.1, 0.15) is 5.82 Å². The van der Waals surface area contributed by atoms with E-state index in [-0.39, 0.29) is 11.2 Å². The molecule has 0 unspecified atom stereocenters. The van der Waals surface area contributed by atoms with Crippen LogP contribution in [-0.4, -0.2) is 0 Å². The third-order valence-electron chi connectivity index (χ3n) is 1.58. The first-order valence-corrected chi connectivity index (χ1v) is 4.55. The average Bonchev–Trinajstić information content (AvgIpc) is 2.11. The van der Waals surface area contributed by atoms with Crippen molar-refractivity contribution in [3.8, 4) is 0 Å². The van der Waals surface area contributed by atoms with Gasteiger partial charge in [0.25, 0.3) is 0 Å². The summed E-state index contributed by atoms with van der Waals surface area (Å²) in [5.41, 5.74) is 0.711. The van der Waals surface area contributed by atoms with Crippen molar-refractivity contribution in [1.82, 2.24) is 0 Å². The van der Waals surface area contributed by atoms with Gasteiger partial charge in [-0.05, 0) is 23.3 Å². The molecular formula is C9H13FS. The smallest absolute Gasteiger partial charge is 0.140 e. The first-order valence-electron chi connectivity index (χ1n) is 3.67. The number of thiophene rings is 1. The first kappa shape index (κ1) is 8.72. The zero-order chi connectivity index (χ0) is 8.65. The lowest BCUT2D eigenvalue weighted by Crippen LogP contribution is -2.10. The Balaban J connectivity index is 3.15. The third-order valence-corrected chi connectivity index (χ3v) is 3.08. The first-order chi connectivity index (χ1) is 4.93. The van der Waals surface area contributed by atoms with Crippen LogP contribution in [0.25, 0.3) is 0 Å². The van der Waals surface area contributed by atoms with Gasteiger partial charge < -0.3 is 0 Å². The van der Waals surface area contributed by atoms with E-state index in [9.17, 15) is 4.39 Å². The summed E-state index contributed by atoms with van der Waals surface area (Å²) in [4.78, 5) is 0.856. The summed E-state index contributed by atoms with van der Waals surface area (Å²) in [5, 5.41) is 1.87. The molecule has 0 aliphatic carbocycles. The van der Waals surface area contributed by atoms with E-state index in [2.05, 4.69) is 0 Å². The summed E-state index contributed by atoms with van der Waals surface area (Å²) in [5.74, 6) is -0.0255. The molecule has 0 spiro atoms. The summed E-state index contributed by atoms with van der Waals surface area (Å²) in [6.07, 6.45) is 0. The molecule has 0 fully saturated rings. The molecule has 0 saturated heterocycles. The molecule has 0 aliphatic rings. The van der Waals surface area contributed by atoms with Crippen LogP contribution in [0.4, 0.5) is 4.39 Å². The van der Waals surface area contributed by atoms with Crippen LogP contribution in [0.15, 0.2) is 5.38 Å². The van der Waals surface area contributed by atoms with Crippen LogP contribution in [0.2, 0.25) is 0 Å². The molecule has 0 aliphatic heterocycles. The molecule has 1 rings (SSSR count). The van der Waals surface area contributed by atoms with Crippen molar-refractivity contribution in [2.75, 3.05) is 0 Å². The minimum Gasteiger partial charge on any atom is -0.205 e. The highest BCUT2D eigenvalue weighted by Gasteiger charge is 2.21. The van der Waals surface area contributed by atoms with Gasteiger partial charge in [-0.3, -0.25) is 0 Å². The number of halogens is 1. The Morgan fingerprint density at radius 1 is 1.36 bits per heavy atom. The van der Waals surface area contributed by atoms with E-state index in [0.29, 0.717) is 0 Å². The molecule has 11 heavy (non-hydrogen) atoms. The zero-order valence-corrected chi connectivity index (χ0v) is 8.18. The van der Waals surface area contributed by atoms with Crippen molar-refractivity contribution < 1.29 is 4.39 Å². The Morgan fingerprint density at radius 2 is 1.91 bits per heavy atom. The highest BCUT2D eigenvalue weighted by Crippen LogP contribution is 2.31. The lowest BCUT2D eigenvalue weighted by Gasteiger charge is -2.15. The third kappa shape index (κ3) is 1.62. The second-order valence-electron chi connectivity index (χ2n) is 3.81. The second kappa shape index (κ2) is 2.59. The fraction of sp³-hybridized carbons (Fsp3) is 0.556. The SMILES string of the molecule is Cc1csc(C(C)(C)C)c1F. The Bertz CT molecular complexity index is 255. The molecule has 0 atom stereocenters. The van der Waals surface area contributed by atoms with E-state index in [0.717, 1.165) is 10.4 Å². The lowest BCUT2D eigenvalue weighted by atomic mass is 9.94. The fourth-order valence-electron chi connectivity index (χ4n) is 0.936. The monoisotopic (exact) mass is 172 g/mol.